The van der Waals surface area contributed by atoms with Gasteiger partial charge in [0.05, 0.1) is 17.8 Å². The van der Waals surface area contributed by atoms with Crippen molar-refractivity contribution in [1.82, 2.24) is 0 Å². The molecule has 6 unspecified atom stereocenters. The molecule has 1 aliphatic heterocycles. The summed E-state index contributed by atoms with van der Waals surface area (Å²) in [5.74, 6) is -1.84. The van der Waals surface area contributed by atoms with Crippen molar-refractivity contribution < 1.29 is 39.1 Å². The molecule has 0 aliphatic carbocycles. The van der Waals surface area contributed by atoms with Crippen LogP contribution in [0, 0.1) is 5.92 Å². The highest BCUT2D eigenvalue weighted by Gasteiger charge is 2.44. The summed E-state index contributed by atoms with van der Waals surface area (Å²) >= 11 is 0. The van der Waals surface area contributed by atoms with Gasteiger partial charge in [0.2, 0.25) is 0 Å². The van der Waals surface area contributed by atoms with Gasteiger partial charge in [-0.3, -0.25) is 0 Å². The zero-order chi connectivity index (χ0) is 23.0. The average Bonchev–Trinajstić information content (AvgIpc) is 2.72. The molecule has 0 saturated carbocycles. The van der Waals surface area contributed by atoms with Gasteiger partial charge in [-0.1, -0.05) is 19.4 Å². The van der Waals surface area contributed by atoms with E-state index < -0.39 is 42.5 Å². The van der Waals surface area contributed by atoms with Gasteiger partial charge in [0, 0.05) is 12.0 Å². The highest BCUT2D eigenvalue weighted by atomic mass is 16.7. The first-order valence-electron chi connectivity index (χ1n) is 10.6. The van der Waals surface area contributed by atoms with Crippen molar-refractivity contribution in [1.29, 1.82) is 0 Å². The Morgan fingerprint density at radius 1 is 1.19 bits per heavy atom. The molecular weight excluding hydrogens is 404 g/mol. The number of carboxylic acids is 1. The highest BCUT2D eigenvalue weighted by molar-refractivity contribution is 5.89. The minimum Gasteiger partial charge on any atom is -0.508 e. The Kier molecular flexibility index (Phi) is 9.48. The molecule has 2 rings (SSSR count). The van der Waals surface area contributed by atoms with Crippen molar-refractivity contribution in [2.75, 3.05) is 0 Å². The third kappa shape index (κ3) is 7.65. The summed E-state index contributed by atoms with van der Waals surface area (Å²) in [5, 5.41) is 28.6. The lowest BCUT2D eigenvalue weighted by molar-refractivity contribution is -0.289. The van der Waals surface area contributed by atoms with Crippen LogP contribution in [0.3, 0.4) is 0 Å². The minimum atomic E-state index is -0.963. The topological polar surface area (TPSA) is 123 Å². The maximum Gasteiger partial charge on any atom is 0.338 e. The molecule has 1 saturated heterocycles. The number of hydrogen-bond acceptors (Lipinski definition) is 7. The second-order valence-electron chi connectivity index (χ2n) is 7.95. The zero-order valence-electron chi connectivity index (χ0n) is 18.1. The van der Waals surface area contributed by atoms with Crippen molar-refractivity contribution in [2.24, 2.45) is 5.92 Å². The third-order valence-corrected chi connectivity index (χ3v) is 5.35. The molecule has 6 atom stereocenters. The first kappa shape index (κ1) is 24.8. The van der Waals surface area contributed by atoms with Crippen molar-refractivity contribution >= 4 is 11.9 Å². The summed E-state index contributed by atoms with van der Waals surface area (Å²) in [6.07, 6.45) is 2.83. The van der Waals surface area contributed by atoms with E-state index in [4.69, 9.17) is 19.3 Å². The molecule has 1 aromatic rings. The maximum absolute atomic E-state index is 12.4. The van der Waals surface area contributed by atoms with Crippen LogP contribution in [-0.2, 0) is 19.0 Å². The summed E-state index contributed by atoms with van der Waals surface area (Å²) in [6, 6.07) is 5.75. The first-order valence-corrected chi connectivity index (χ1v) is 10.6. The van der Waals surface area contributed by atoms with Crippen LogP contribution >= 0.6 is 0 Å². The Morgan fingerprint density at radius 2 is 1.87 bits per heavy atom. The maximum atomic E-state index is 12.4. The molecule has 1 fully saturated rings. The van der Waals surface area contributed by atoms with Crippen LogP contribution in [0.1, 0.15) is 56.8 Å². The summed E-state index contributed by atoms with van der Waals surface area (Å²) in [4.78, 5) is 22.8. The van der Waals surface area contributed by atoms with Crippen molar-refractivity contribution in [3.63, 3.8) is 0 Å². The van der Waals surface area contributed by atoms with Crippen molar-refractivity contribution in [2.45, 2.75) is 77.2 Å². The Labute approximate surface area is 182 Å². The van der Waals surface area contributed by atoms with E-state index in [9.17, 15) is 19.8 Å². The van der Waals surface area contributed by atoms with E-state index in [1.54, 1.807) is 19.9 Å². The fourth-order valence-corrected chi connectivity index (χ4v) is 3.52. The largest absolute Gasteiger partial charge is 0.508 e. The van der Waals surface area contributed by atoms with Gasteiger partial charge in [-0.05, 0) is 57.4 Å². The molecule has 0 radical (unpaired) electrons. The monoisotopic (exact) mass is 436 g/mol. The van der Waals surface area contributed by atoms with Gasteiger partial charge in [0.25, 0.3) is 0 Å². The standard InChI is InChI=1S/C23H32O8/c1-14(8-6-4-5-7-9-19(25)26)29-23-20(27)15(2)21(16(3)30-23)31-22(28)17-10-12-18(24)13-11-17/h7,9-16,20-21,23-24,27H,4-6,8H2,1-3H3,(H,25,26). The number of carbonyl (C=O) groups is 2. The van der Waals surface area contributed by atoms with E-state index in [0.29, 0.717) is 12.0 Å². The Morgan fingerprint density at radius 3 is 2.52 bits per heavy atom. The van der Waals surface area contributed by atoms with Crippen LogP contribution in [0.2, 0.25) is 0 Å². The smallest absolute Gasteiger partial charge is 0.338 e. The molecule has 1 aromatic carbocycles. The summed E-state index contributed by atoms with van der Waals surface area (Å²) in [5.41, 5.74) is 0.303. The highest BCUT2D eigenvalue weighted by Crippen LogP contribution is 2.30. The number of unbranched alkanes of at least 4 members (excludes halogenated alkanes) is 2. The number of phenols is 1. The van der Waals surface area contributed by atoms with Gasteiger partial charge in [-0.25, -0.2) is 9.59 Å². The van der Waals surface area contributed by atoms with Crippen molar-refractivity contribution in [3.05, 3.63) is 42.0 Å². The number of esters is 1. The molecule has 0 spiro atoms. The van der Waals surface area contributed by atoms with Crippen LogP contribution in [0.5, 0.6) is 5.75 Å². The van der Waals surface area contributed by atoms with Gasteiger partial charge in [0.15, 0.2) is 6.29 Å². The van der Waals surface area contributed by atoms with E-state index >= 15 is 0 Å². The summed E-state index contributed by atoms with van der Waals surface area (Å²) in [7, 11) is 0. The number of aliphatic hydroxyl groups is 1. The number of ether oxygens (including phenoxy) is 3. The molecule has 172 valence electrons. The number of rotatable bonds is 10. The number of aromatic hydroxyl groups is 1. The number of benzene rings is 1. The van der Waals surface area contributed by atoms with E-state index in [1.165, 1.54) is 24.3 Å². The predicted octanol–water partition coefficient (Wildman–Crippen LogP) is 3.27. The SMILES string of the molecule is CC(CCCCC=CC(=O)O)OC1OC(C)C(OC(=O)c2ccc(O)cc2)C(C)C1O. The van der Waals surface area contributed by atoms with E-state index in [2.05, 4.69) is 0 Å². The number of allylic oxidation sites excluding steroid dienone is 1. The number of aliphatic hydroxyl groups excluding tert-OH is 1. The second-order valence-corrected chi connectivity index (χ2v) is 7.95. The molecule has 0 aromatic heterocycles. The number of aliphatic carboxylic acids is 1. The molecule has 8 heteroatoms. The third-order valence-electron chi connectivity index (χ3n) is 5.35. The molecule has 0 bridgehead atoms. The normalized spacial score (nSPS) is 27.2. The predicted molar refractivity (Wildman–Crippen MR) is 113 cm³/mol. The lowest BCUT2D eigenvalue weighted by Gasteiger charge is -2.42. The van der Waals surface area contributed by atoms with Crippen LogP contribution in [0.4, 0.5) is 0 Å². The minimum absolute atomic E-state index is 0.0561. The molecule has 1 heterocycles. The zero-order valence-corrected chi connectivity index (χ0v) is 18.1. The van der Waals surface area contributed by atoms with Gasteiger partial charge in [0.1, 0.15) is 18.0 Å². The first-order chi connectivity index (χ1) is 14.7. The van der Waals surface area contributed by atoms with Gasteiger partial charge in [-0.15, -0.1) is 0 Å². The van der Waals surface area contributed by atoms with E-state index in [-0.39, 0.29) is 11.9 Å². The Balaban J connectivity index is 1.82. The fourth-order valence-electron chi connectivity index (χ4n) is 3.52. The number of phenolic OH excluding ortho intramolecular Hbond substituents is 1. The fraction of sp³-hybridized carbons (Fsp3) is 0.565. The quantitative estimate of drug-likeness (QED) is 0.290. The van der Waals surface area contributed by atoms with Gasteiger partial charge < -0.3 is 29.5 Å². The molecule has 8 nitrogen and oxygen atoms in total. The van der Waals surface area contributed by atoms with Gasteiger partial charge >= 0.3 is 11.9 Å². The summed E-state index contributed by atoms with van der Waals surface area (Å²) in [6.45, 7) is 5.46. The molecule has 31 heavy (non-hydrogen) atoms. The van der Waals surface area contributed by atoms with Gasteiger partial charge in [-0.2, -0.15) is 0 Å². The van der Waals surface area contributed by atoms with Crippen LogP contribution in [0.25, 0.3) is 0 Å². The van der Waals surface area contributed by atoms with E-state index in [0.717, 1.165) is 25.3 Å². The van der Waals surface area contributed by atoms with Crippen LogP contribution < -0.4 is 0 Å². The van der Waals surface area contributed by atoms with Crippen LogP contribution in [0.15, 0.2) is 36.4 Å². The van der Waals surface area contributed by atoms with E-state index in [1.807, 2.05) is 6.92 Å². The Bertz CT molecular complexity index is 744. The molecular formula is C23H32O8. The number of carboxylic acid groups (broad SMARTS) is 1. The Hall–Kier alpha value is -2.42. The summed E-state index contributed by atoms with van der Waals surface area (Å²) < 4.78 is 17.3. The number of hydrogen-bond donors (Lipinski definition) is 3. The molecule has 1 aliphatic rings. The molecule has 0 amide bonds. The van der Waals surface area contributed by atoms with Crippen molar-refractivity contribution in [3.8, 4) is 5.75 Å². The second kappa shape index (κ2) is 11.8. The number of carbonyl (C=O) groups excluding carboxylic acids is 1. The average molecular weight is 437 g/mol. The van der Waals surface area contributed by atoms with Crippen LogP contribution in [-0.4, -0.2) is 58.0 Å². The molecule has 3 N–H and O–H groups in total. The lowest BCUT2D eigenvalue weighted by Crippen LogP contribution is -2.55. The lowest BCUT2D eigenvalue weighted by atomic mass is 9.91.